The van der Waals surface area contributed by atoms with Gasteiger partial charge in [0.05, 0.1) is 13.7 Å². The van der Waals surface area contributed by atoms with Gasteiger partial charge >= 0.3 is 0 Å². The van der Waals surface area contributed by atoms with E-state index >= 15 is 0 Å². The molecule has 0 aromatic carbocycles. The van der Waals surface area contributed by atoms with Gasteiger partial charge in [0.1, 0.15) is 11.2 Å². The molecule has 1 amide bonds. The van der Waals surface area contributed by atoms with Crippen molar-refractivity contribution < 1.29 is 19.4 Å². The van der Waals surface area contributed by atoms with Crippen molar-refractivity contribution in [3.8, 4) is 5.88 Å². The molecule has 1 unspecified atom stereocenters. The number of ether oxygens (including phenoxy) is 2. The number of aromatic nitrogens is 1. The van der Waals surface area contributed by atoms with Crippen molar-refractivity contribution in [1.82, 2.24) is 10.3 Å². The lowest BCUT2D eigenvalue weighted by molar-refractivity contribution is 0.0264. The van der Waals surface area contributed by atoms with Gasteiger partial charge < -0.3 is 19.9 Å². The summed E-state index contributed by atoms with van der Waals surface area (Å²) in [6, 6.07) is 3.40. The van der Waals surface area contributed by atoms with Gasteiger partial charge in [0.15, 0.2) is 0 Å². The van der Waals surface area contributed by atoms with Crippen LogP contribution in [0.3, 0.4) is 0 Å². The minimum Gasteiger partial charge on any atom is -0.480 e. The summed E-state index contributed by atoms with van der Waals surface area (Å²) in [5.74, 6) is -0.0307. The van der Waals surface area contributed by atoms with Gasteiger partial charge in [-0.15, -0.1) is 0 Å². The third kappa shape index (κ3) is 3.21. The molecular weight excluding hydrogens is 248 g/mol. The Morgan fingerprint density at radius 1 is 1.63 bits per heavy atom. The molecule has 0 radical (unpaired) electrons. The van der Waals surface area contributed by atoms with Crippen LogP contribution in [0.5, 0.6) is 5.88 Å². The van der Waals surface area contributed by atoms with Crippen LogP contribution in [0.2, 0.25) is 0 Å². The third-order valence-electron chi connectivity index (χ3n) is 3.10. The lowest BCUT2D eigenvalue weighted by atomic mass is 10.0. The molecule has 1 aromatic rings. The van der Waals surface area contributed by atoms with E-state index in [2.05, 4.69) is 10.3 Å². The monoisotopic (exact) mass is 266 g/mol. The fourth-order valence-electron chi connectivity index (χ4n) is 1.94. The smallest absolute Gasteiger partial charge is 0.256 e. The number of aliphatic hydroxyl groups is 1. The van der Waals surface area contributed by atoms with Crippen molar-refractivity contribution >= 4 is 5.91 Å². The van der Waals surface area contributed by atoms with Crippen molar-refractivity contribution in [2.75, 3.05) is 26.9 Å². The fraction of sp³-hybridized carbons (Fsp3) is 0.538. The van der Waals surface area contributed by atoms with Gasteiger partial charge in [-0.3, -0.25) is 4.79 Å². The predicted octanol–water partition coefficient (Wildman–Crippen LogP) is 0.280. The van der Waals surface area contributed by atoms with Crippen molar-refractivity contribution in [2.24, 2.45) is 0 Å². The Balaban J connectivity index is 2.03. The molecule has 6 heteroatoms. The Kier molecular flexibility index (Phi) is 4.01. The highest BCUT2D eigenvalue weighted by molar-refractivity contribution is 5.96. The number of aryl methyl sites for hydroxylation is 1. The average Bonchev–Trinajstić information content (AvgIpc) is 2.83. The summed E-state index contributed by atoms with van der Waals surface area (Å²) in [5, 5.41) is 12.8. The number of carbonyl (C=O) groups is 1. The average molecular weight is 266 g/mol. The van der Waals surface area contributed by atoms with E-state index in [1.165, 1.54) is 7.11 Å². The largest absolute Gasteiger partial charge is 0.480 e. The highest BCUT2D eigenvalue weighted by Gasteiger charge is 2.32. The van der Waals surface area contributed by atoms with Crippen LogP contribution >= 0.6 is 0 Å². The van der Waals surface area contributed by atoms with E-state index in [0.717, 1.165) is 5.69 Å². The van der Waals surface area contributed by atoms with E-state index < -0.39 is 5.60 Å². The number of methoxy groups -OCH3 is 1. The van der Waals surface area contributed by atoms with Crippen molar-refractivity contribution in [1.29, 1.82) is 0 Å². The normalized spacial score (nSPS) is 22.3. The molecule has 2 rings (SSSR count). The molecule has 1 aliphatic heterocycles. The second-order valence-corrected chi connectivity index (χ2v) is 4.72. The molecule has 19 heavy (non-hydrogen) atoms. The minimum absolute atomic E-state index is 0.156. The van der Waals surface area contributed by atoms with E-state index in [9.17, 15) is 9.90 Å². The quantitative estimate of drug-likeness (QED) is 0.818. The molecule has 1 fully saturated rings. The summed E-state index contributed by atoms with van der Waals surface area (Å²) in [4.78, 5) is 16.2. The van der Waals surface area contributed by atoms with Gasteiger partial charge in [-0.05, 0) is 19.1 Å². The second kappa shape index (κ2) is 5.54. The molecule has 2 N–H and O–H groups in total. The van der Waals surface area contributed by atoms with Crippen LogP contribution in [0.25, 0.3) is 0 Å². The maximum Gasteiger partial charge on any atom is 0.256 e. The maximum absolute atomic E-state index is 12.1. The minimum atomic E-state index is -0.971. The van der Waals surface area contributed by atoms with E-state index in [4.69, 9.17) is 9.47 Å². The highest BCUT2D eigenvalue weighted by atomic mass is 16.5. The summed E-state index contributed by atoms with van der Waals surface area (Å²) < 4.78 is 10.2. The molecule has 104 valence electrons. The highest BCUT2D eigenvalue weighted by Crippen LogP contribution is 2.19. The Labute approximate surface area is 111 Å². The number of amides is 1. The van der Waals surface area contributed by atoms with Crippen molar-refractivity contribution in [3.63, 3.8) is 0 Å². The molecule has 1 atom stereocenters. The summed E-state index contributed by atoms with van der Waals surface area (Å²) in [6.45, 7) is 2.74. The molecule has 1 aromatic heterocycles. The zero-order chi connectivity index (χ0) is 13.9. The van der Waals surface area contributed by atoms with E-state index in [-0.39, 0.29) is 24.9 Å². The standard InChI is InChI=1S/C13H18N2O4/c1-9-3-4-10(12(15-9)18-2)11(16)14-7-13(17)5-6-19-8-13/h3-4,17H,5-8H2,1-2H3,(H,14,16). The van der Waals surface area contributed by atoms with Gasteiger partial charge in [-0.25, -0.2) is 4.98 Å². The van der Waals surface area contributed by atoms with E-state index in [1.54, 1.807) is 12.1 Å². The lowest BCUT2D eigenvalue weighted by Gasteiger charge is -2.20. The van der Waals surface area contributed by atoms with Gasteiger partial charge in [-0.1, -0.05) is 0 Å². The number of hydrogen-bond donors (Lipinski definition) is 2. The predicted molar refractivity (Wildman–Crippen MR) is 68.2 cm³/mol. The Morgan fingerprint density at radius 2 is 2.42 bits per heavy atom. The number of nitrogens with zero attached hydrogens (tertiary/aromatic N) is 1. The molecule has 0 spiro atoms. The number of nitrogens with one attached hydrogen (secondary N) is 1. The zero-order valence-electron chi connectivity index (χ0n) is 11.1. The number of rotatable bonds is 4. The Hall–Kier alpha value is -1.66. The molecule has 0 aliphatic carbocycles. The Morgan fingerprint density at radius 3 is 3.05 bits per heavy atom. The SMILES string of the molecule is COc1nc(C)ccc1C(=O)NCC1(O)CCOC1. The number of hydrogen-bond acceptors (Lipinski definition) is 5. The van der Waals surface area contributed by atoms with Crippen LogP contribution in [0.15, 0.2) is 12.1 Å². The summed E-state index contributed by atoms with van der Waals surface area (Å²) >= 11 is 0. The first-order chi connectivity index (χ1) is 9.04. The summed E-state index contributed by atoms with van der Waals surface area (Å²) in [5.41, 5.74) is 0.160. The molecule has 6 nitrogen and oxygen atoms in total. The van der Waals surface area contributed by atoms with Gasteiger partial charge in [0, 0.05) is 25.3 Å². The van der Waals surface area contributed by atoms with Crippen LogP contribution in [0.4, 0.5) is 0 Å². The molecular formula is C13H18N2O4. The van der Waals surface area contributed by atoms with Crippen LogP contribution < -0.4 is 10.1 Å². The fourth-order valence-corrected chi connectivity index (χ4v) is 1.94. The first-order valence-electron chi connectivity index (χ1n) is 6.14. The molecule has 2 heterocycles. The van der Waals surface area contributed by atoms with E-state index in [1.807, 2.05) is 6.92 Å². The maximum atomic E-state index is 12.1. The van der Waals surface area contributed by atoms with Crippen LogP contribution in [0.1, 0.15) is 22.5 Å². The third-order valence-corrected chi connectivity index (χ3v) is 3.10. The Bertz CT molecular complexity index is 470. The molecule has 0 saturated carbocycles. The lowest BCUT2D eigenvalue weighted by Crippen LogP contribution is -2.43. The second-order valence-electron chi connectivity index (χ2n) is 4.72. The van der Waals surface area contributed by atoms with Gasteiger partial charge in [-0.2, -0.15) is 0 Å². The van der Waals surface area contributed by atoms with Crippen molar-refractivity contribution in [2.45, 2.75) is 18.9 Å². The van der Waals surface area contributed by atoms with Crippen LogP contribution in [-0.4, -0.2) is 48.5 Å². The topological polar surface area (TPSA) is 80.7 Å². The first kappa shape index (κ1) is 13.8. The summed E-state index contributed by atoms with van der Waals surface area (Å²) in [6.07, 6.45) is 0.524. The van der Waals surface area contributed by atoms with Crippen LogP contribution in [0, 0.1) is 6.92 Å². The van der Waals surface area contributed by atoms with Gasteiger partial charge in [0.2, 0.25) is 5.88 Å². The van der Waals surface area contributed by atoms with Crippen LogP contribution in [-0.2, 0) is 4.74 Å². The first-order valence-corrected chi connectivity index (χ1v) is 6.14. The van der Waals surface area contributed by atoms with Crippen molar-refractivity contribution in [3.05, 3.63) is 23.4 Å². The molecule has 1 aliphatic rings. The molecule has 0 bridgehead atoms. The van der Waals surface area contributed by atoms with E-state index in [0.29, 0.717) is 18.6 Å². The van der Waals surface area contributed by atoms with Gasteiger partial charge in [0.25, 0.3) is 5.91 Å². The number of carbonyl (C=O) groups excluding carboxylic acids is 1. The molecule has 1 saturated heterocycles. The zero-order valence-corrected chi connectivity index (χ0v) is 11.1. The number of pyridine rings is 1. The summed E-state index contributed by atoms with van der Waals surface area (Å²) in [7, 11) is 1.47.